The minimum atomic E-state index is -1.78. The number of carbonyl (C=O) groups excluding carboxylic acids is 1. The first kappa shape index (κ1) is 61.3. The van der Waals surface area contributed by atoms with Gasteiger partial charge in [-0.2, -0.15) is 0 Å². The van der Waals surface area contributed by atoms with Crippen LogP contribution in [0.3, 0.4) is 0 Å². The molecule has 2 rings (SSSR count). The van der Waals surface area contributed by atoms with Crippen molar-refractivity contribution in [3.8, 4) is 0 Å². The molecule has 12 atom stereocenters. The molecule has 0 aliphatic carbocycles. The fraction of sp³-hybridized carbons (Fsp3) is 0.868. The van der Waals surface area contributed by atoms with Crippen LogP contribution in [-0.4, -0.2) is 140 Å². The van der Waals surface area contributed by atoms with Crippen molar-refractivity contribution in [1.29, 1.82) is 0 Å². The van der Waals surface area contributed by atoms with Crippen molar-refractivity contribution < 1.29 is 64.6 Å². The molecule has 0 aromatic heterocycles. The summed E-state index contributed by atoms with van der Waals surface area (Å²) in [5.41, 5.74) is 0. The van der Waals surface area contributed by atoms with E-state index >= 15 is 0 Å². The second-order valence-corrected chi connectivity index (χ2v) is 19.0. The lowest BCUT2D eigenvalue weighted by Gasteiger charge is -2.46. The Bertz CT molecular complexity index is 1270. The van der Waals surface area contributed by atoms with Crippen LogP contribution >= 0.6 is 0 Å². The van der Waals surface area contributed by atoms with Gasteiger partial charge in [-0.3, -0.25) is 4.79 Å². The summed E-state index contributed by atoms with van der Waals surface area (Å²) in [4.78, 5) is 13.2. The van der Waals surface area contributed by atoms with E-state index in [0.29, 0.717) is 12.8 Å². The molecule has 12 unspecified atom stereocenters. The molecule has 0 aromatic rings. The molecule has 392 valence electrons. The second kappa shape index (κ2) is 39.9. The summed E-state index contributed by atoms with van der Waals surface area (Å²) < 4.78 is 22.7. The molecule has 0 bridgehead atoms. The van der Waals surface area contributed by atoms with Crippen LogP contribution in [0.15, 0.2) is 36.5 Å². The zero-order valence-electron chi connectivity index (χ0n) is 41.6. The van der Waals surface area contributed by atoms with Gasteiger partial charge in [0, 0.05) is 6.42 Å². The van der Waals surface area contributed by atoms with Crippen LogP contribution in [-0.2, 0) is 23.7 Å². The van der Waals surface area contributed by atoms with Gasteiger partial charge in [0.2, 0.25) is 5.91 Å². The highest BCUT2D eigenvalue weighted by Crippen LogP contribution is 2.30. The lowest BCUT2D eigenvalue weighted by atomic mass is 9.97. The van der Waals surface area contributed by atoms with Crippen LogP contribution in [0.4, 0.5) is 0 Å². The third-order valence-corrected chi connectivity index (χ3v) is 13.1. The monoisotopic (exact) mass is 956 g/mol. The number of rotatable bonds is 41. The molecular formula is C53H97NO13. The van der Waals surface area contributed by atoms with Crippen molar-refractivity contribution >= 4 is 5.91 Å². The summed E-state index contributed by atoms with van der Waals surface area (Å²) in [6.07, 6.45) is 28.5. The Morgan fingerprint density at radius 1 is 0.537 bits per heavy atom. The number of amides is 1. The lowest BCUT2D eigenvalue weighted by molar-refractivity contribution is -0.359. The Hall–Kier alpha value is -1.79. The van der Waals surface area contributed by atoms with Gasteiger partial charge in [0.1, 0.15) is 48.8 Å². The molecule has 0 aromatic carbocycles. The Morgan fingerprint density at radius 3 is 1.51 bits per heavy atom. The maximum absolute atomic E-state index is 13.2. The van der Waals surface area contributed by atoms with Crippen LogP contribution in [0.1, 0.15) is 200 Å². The summed E-state index contributed by atoms with van der Waals surface area (Å²) in [5.74, 6) is -0.221. The van der Waals surface area contributed by atoms with Crippen LogP contribution < -0.4 is 5.32 Å². The molecule has 9 N–H and O–H groups in total. The zero-order chi connectivity index (χ0) is 48.9. The topological polar surface area (TPSA) is 228 Å². The van der Waals surface area contributed by atoms with Crippen LogP contribution in [0, 0.1) is 0 Å². The molecule has 14 heteroatoms. The van der Waals surface area contributed by atoms with Gasteiger partial charge >= 0.3 is 0 Å². The average molecular weight is 956 g/mol. The summed E-state index contributed by atoms with van der Waals surface area (Å²) in [7, 11) is 0. The molecular weight excluding hydrogens is 859 g/mol. The highest BCUT2D eigenvalue weighted by atomic mass is 16.7. The van der Waals surface area contributed by atoms with Gasteiger partial charge in [0.05, 0.1) is 32.0 Å². The predicted octanol–water partition coefficient (Wildman–Crippen LogP) is 7.49. The van der Waals surface area contributed by atoms with Crippen molar-refractivity contribution in [2.45, 2.75) is 274 Å². The molecule has 67 heavy (non-hydrogen) atoms. The van der Waals surface area contributed by atoms with E-state index in [4.69, 9.17) is 18.9 Å². The number of allylic oxidation sites excluding steroid dienone is 6. The Balaban J connectivity index is 1.80. The van der Waals surface area contributed by atoms with Gasteiger partial charge < -0.3 is 65.1 Å². The third kappa shape index (κ3) is 26.8. The predicted molar refractivity (Wildman–Crippen MR) is 263 cm³/mol. The molecule has 1 amide bonds. The van der Waals surface area contributed by atoms with Crippen molar-refractivity contribution in [1.82, 2.24) is 5.32 Å². The van der Waals surface area contributed by atoms with E-state index in [1.54, 1.807) is 0 Å². The number of hydrogen-bond acceptors (Lipinski definition) is 13. The normalized spacial score (nSPS) is 26.8. The number of nitrogens with one attached hydrogen (secondary N) is 1. The Morgan fingerprint density at radius 2 is 0.985 bits per heavy atom. The molecule has 2 heterocycles. The molecule has 2 aliphatic heterocycles. The summed E-state index contributed by atoms with van der Waals surface area (Å²) >= 11 is 0. The highest BCUT2D eigenvalue weighted by molar-refractivity contribution is 5.76. The van der Waals surface area contributed by atoms with E-state index in [9.17, 15) is 45.6 Å². The number of unbranched alkanes of at least 4 members (excludes halogenated alkanes) is 22. The van der Waals surface area contributed by atoms with Gasteiger partial charge in [-0.15, -0.1) is 0 Å². The summed E-state index contributed by atoms with van der Waals surface area (Å²) in [5, 5.41) is 86.9. The summed E-state index contributed by atoms with van der Waals surface area (Å²) in [6.45, 7) is 2.82. The van der Waals surface area contributed by atoms with E-state index in [0.717, 1.165) is 77.0 Å². The first-order chi connectivity index (χ1) is 32.6. The lowest BCUT2D eigenvalue weighted by Crippen LogP contribution is -2.65. The standard InChI is InChI=1S/C53H97NO13/c1-3-5-7-9-11-13-15-17-18-19-20-21-22-23-24-25-27-29-31-33-35-37-45(58)54-41(42(57)36-34-32-30-28-26-16-14-12-10-8-6-4-2)40-64-52-50(63)48(61)51(44(39-56)66-52)67-53-49(62)47(60)46(59)43(38-55)65-53/h15,17,19-20,22-23,41-44,46-53,55-57,59-63H,3-14,16,18,21,24-40H2,1-2H3,(H,54,58)/b17-15-,20-19-,23-22-. The first-order valence-electron chi connectivity index (χ1n) is 26.7. The van der Waals surface area contributed by atoms with Crippen molar-refractivity contribution in [2.24, 2.45) is 0 Å². The minimum absolute atomic E-state index is 0.221. The molecule has 2 fully saturated rings. The van der Waals surface area contributed by atoms with E-state index < -0.39 is 86.8 Å². The molecule has 2 saturated heterocycles. The zero-order valence-corrected chi connectivity index (χ0v) is 41.6. The minimum Gasteiger partial charge on any atom is -0.394 e. The fourth-order valence-electron chi connectivity index (χ4n) is 8.71. The van der Waals surface area contributed by atoms with Crippen molar-refractivity contribution in [3.63, 3.8) is 0 Å². The van der Waals surface area contributed by atoms with Crippen LogP contribution in [0.25, 0.3) is 0 Å². The first-order valence-corrected chi connectivity index (χ1v) is 26.7. The van der Waals surface area contributed by atoms with Crippen LogP contribution in [0.5, 0.6) is 0 Å². The molecule has 14 nitrogen and oxygen atoms in total. The van der Waals surface area contributed by atoms with E-state index in [1.165, 1.54) is 89.9 Å². The molecule has 0 saturated carbocycles. The average Bonchev–Trinajstić information content (AvgIpc) is 3.32. The highest BCUT2D eigenvalue weighted by Gasteiger charge is 2.51. The SMILES string of the molecule is CCCCCCC/C=C\C/C=C\C/C=C\CCCCCCCCC(=O)NC(COC1OC(CO)C(OC2OC(CO)C(O)C(O)C2O)C(O)C1O)C(O)CCCCCCCCCCCCCC. The maximum Gasteiger partial charge on any atom is 0.220 e. The maximum atomic E-state index is 13.2. The van der Waals surface area contributed by atoms with Crippen LogP contribution in [0.2, 0.25) is 0 Å². The van der Waals surface area contributed by atoms with E-state index in [-0.39, 0.29) is 18.9 Å². The smallest absolute Gasteiger partial charge is 0.220 e. The Kier molecular flexibility index (Phi) is 36.5. The quantitative estimate of drug-likeness (QED) is 0.0214. The summed E-state index contributed by atoms with van der Waals surface area (Å²) in [6, 6.07) is -0.834. The van der Waals surface area contributed by atoms with Gasteiger partial charge in [0.15, 0.2) is 12.6 Å². The number of hydrogen-bond donors (Lipinski definition) is 9. The van der Waals surface area contributed by atoms with Gasteiger partial charge in [0.25, 0.3) is 0 Å². The van der Waals surface area contributed by atoms with Gasteiger partial charge in [-0.05, 0) is 51.4 Å². The fourth-order valence-corrected chi connectivity index (χ4v) is 8.71. The second-order valence-electron chi connectivity index (χ2n) is 19.0. The number of carbonyl (C=O) groups is 1. The Labute approximate surface area is 404 Å². The van der Waals surface area contributed by atoms with Crippen molar-refractivity contribution in [2.75, 3.05) is 19.8 Å². The number of aliphatic hydroxyl groups is 8. The molecule has 0 radical (unpaired) electrons. The van der Waals surface area contributed by atoms with E-state index in [1.807, 2.05) is 0 Å². The van der Waals surface area contributed by atoms with Gasteiger partial charge in [-0.1, -0.05) is 179 Å². The number of ether oxygens (including phenoxy) is 4. The third-order valence-electron chi connectivity index (χ3n) is 13.1. The largest absolute Gasteiger partial charge is 0.394 e. The molecule has 2 aliphatic rings. The van der Waals surface area contributed by atoms with Gasteiger partial charge in [-0.25, -0.2) is 0 Å². The number of aliphatic hydroxyl groups excluding tert-OH is 8. The molecule has 0 spiro atoms. The van der Waals surface area contributed by atoms with Crippen molar-refractivity contribution in [3.05, 3.63) is 36.5 Å². The van der Waals surface area contributed by atoms with E-state index in [2.05, 4.69) is 55.6 Å².